The minimum absolute atomic E-state index is 0.186. The lowest BCUT2D eigenvalue weighted by atomic mass is 9.95. The van der Waals surface area contributed by atoms with E-state index < -0.39 is 6.10 Å². The fourth-order valence-electron chi connectivity index (χ4n) is 2.21. The fraction of sp³-hybridized carbons (Fsp3) is 0.643. The molecular weight excluding hydrogens is 268 g/mol. The molecule has 1 atom stereocenters. The Hall–Kier alpha value is -1.91. The lowest BCUT2D eigenvalue weighted by Crippen LogP contribution is -2.43. The predicted octanol–water partition coefficient (Wildman–Crippen LogP) is 1.10. The Balaban J connectivity index is 2.44. The maximum atomic E-state index is 9.04. The molecule has 7 nitrogen and oxygen atoms in total. The van der Waals surface area contributed by atoms with Crippen molar-refractivity contribution in [2.75, 3.05) is 30.0 Å². The van der Waals surface area contributed by atoms with Crippen LogP contribution < -0.4 is 16.2 Å². The van der Waals surface area contributed by atoms with Gasteiger partial charge in [-0.1, -0.05) is 20.8 Å². The zero-order valence-electron chi connectivity index (χ0n) is 13.0. The standard InChI is InChI=1S/C14H22N6O/c1-9-11(19-16)17-13(14(2,3)4)18-12(9)20-5-6-21-10(7-15)8-20/h10H,5-6,8,16H2,1-4H3,(H,17,18,19). The summed E-state index contributed by atoms with van der Waals surface area (Å²) in [4.78, 5) is 11.2. The van der Waals surface area contributed by atoms with Gasteiger partial charge in [-0.2, -0.15) is 5.26 Å². The number of aromatic nitrogens is 2. The van der Waals surface area contributed by atoms with E-state index in [2.05, 4.69) is 42.2 Å². The molecule has 1 aromatic heterocycles. The number of hydrogen-bond acceptors (Lipinski definition) is 7. The molecule has 0 aromatic carbocycles. The maximum absolute atomic E-state index is 9.04. The second-order valence-corrected chi connectivity index (χ2v) is 6.17. The first-order valence-electron chi connectivity index (χ1n) is 6.98. The van der Waals surface area contributed by atoms with Crippen LogP contribution in [0, 0.1) is 18.3 Å². The molecule has 2 rings (SSSR count). The van der Waals surface area contributed by atoms with Gasteiger partial charge in [-0.3, -0.25) is 0 Å². The van der Waals surface area contributed by atoms with Crippen molar-refractivity contribution >= 4 is 11.6 Å². The molecule has 1 aromatic rings. The van der Waals surface area contributed by atoms with Gasteiger partial charge in [-0.25, -0.2) is 15.8 Å². The van der Waals surface area contributed by atoms with Crippen molar-refractivity contribution in [1.29, 1.82) is 5.26 Å². The summed E-state index contributed by atoms with van der Waals surface area (Å²) in [5, 5.41) is 9.04. The summed E-state index contributed by atoms with van der Waals surface area (Å²) in [5.41, 5.74) is 3.33. The third-order valence-electron chi connectivity index (χ3n) is 3.44. The lowest BCUT2D eigenvalue weighted by molar-refractivity contribution is 0.0760. The van der Waals surface area contributed by atoms with Crippen LogP contribution in [0.5, 0.6) is 0 Å². The molecule has 1 saturated heterocycles. The van der Waals surface area contributed by atoms with Crippen LogP contribution in [-0.2, 0) is 10.2 Å². The first-order chi connectivity index (χ1) is 9.86. The first-order valence-corrected chi connectivity index (χ1v) is 6.98. The van der Waals surface area contributed by atoms with Gasteiger partial charge in [0, 0.05) is 17.5 Å². The Morgan fingerprint density at radius 2 is 2.14 bits per heavy atom. The van der Waals surface area contributed by atoms with Crippen LogP contribution in [0.4, 0.5) is 11.6 Å². The fourth-order valence-corrected chi connectivity index (χ4v) is 2.21. The third-order valence-corrected chi connectivity index (χ3v) is 3.44. The quantitative estimate of drug-likeness (QED) is 0.621. The van der Waals surface area contributed by atoms with E-state index in [1.165, 1.54) is 0 Å². The lowest BCUT2D eigenvalue weighted by Gasteiger charge is -2.33. The number of ether oxygens (including phenoxy) is 1. The molecule has 1 aliphatic rings. The summed E-state index contributed by atoms with van der Waals surface area (Å²) in [5.74, 6) is 7.72. The normalized spacial score (nSPS) is 19.2. The number of nitrogens with two attached hydrogens (primary N) is 1. The van der Waals surface area contributed by atoms with Crippen LogP contribution in [0.2, 0.25) is 0 Å². The maximum Gasteiger partial charge on any atom is 0.161 e. The van der Waals surface area contributed by atoms with Crippen molar-refractivity contribution in [2.24, 2.45) is 5.84 Å². The van der Waals surface area contributed by atoms with Gasteiger partial charge < -0.3 is 15.1 Å². The number of rotatable bonds is 2. The summed E-state index contributed by atoms with van der Waals surface area (Å²) >= 11 is 0. The number of morpholine rings is 1. The average Bonchev–Trinajstić information content (AvgIpc) is 2.46. The van der Waals surface area contributed by atoms with Gasteiger partial charge in [-0.15, -0.1) is 0 Å². The second-order valence-electron chi connectivity index (χ2n) is 6.17. The van der Waals surface area contributed by atoms with Gasteiger partial charge in [0.2, 0.25) is 0 Å². The van der Waals surface area contributed by atoms with E-state index >= 15 is 0 Å². The molecule has 0 spiro atoms. The highest BCUT2D eigenvalue weighted by Gasteiger charge is 2.26. The number of anilines is 2. The largest absolute Gasteiger partial charge is 0.360 e. The SMILES string of the molecule is Cc1c(NN)nc(C(C)(C)C)nc1N1CCOC(C#N)C1. The van der Waals surface area contributed by atoms with Gasteiger partial charge in [0.05, 0.1) is 19.2 Å². The van der Waals surface area contributed by atoms with Gasteiger partial charge in [0.25, 0.3) is 0 Å². The number of nitrogens with zero attached hydrogens (tertiary/aromatic N) is 4. The van der Waals surface area contributed by atoms with Crippen molar-refractivity contribution in [3.05, 3.63) is 11.4 Å². The Labute approximate surface area is 125 Å². The monoisotopic (exact) mass is 290 g/mol. The predicted molar refractivity (Wildman–Crippen MR) is 80.8 cm³/mol. The summed E-state index contributed by atoms with van der Waals surface area (Å²) in [7, 11) is 0. The number of hydrazine groups is 1. The van der Waals surface area contributed by atoms with Crippen LogP contribution in [-0.4, -0.2) is 35.8 Å². The molecule has 0 saturated carbocycles. The molecule has 21 heavy (non-hydrogen) atoms. The molecule has 2 heterocycles. The third kappa shape index (κ3) is 3.23. The zero-order chi connectivity index (χ0) is 15.6. The number of nitriles is 1. The van der Waals surface area contributed by atoms with Crippen LogP contribution in [0.25, 0.3) is 0 Å². The minimum Gasteiger partial charge on any atom is -0.360 e. The smallest absolute Gasteiger partial charge is 0.161 e. The van der Waals surface area contributed by atoms with Gasteiger partial charge in [0.1, 0.15) is 17.5 Å². The number of hydrogen-bond donors (Lipinski definition) is 2. The van der Waals surface area contributed by atoms with E-state index in [0.29, 0.717) is 25.5 Å². The van der Waals surface area contributed by atoms with Crippen LogP contribution in [0.15, 0.2) is 0 Å². The summed E-state index contributed by atoms with van der Waals surface area (Å²) < 4.78 is 5.39. The zero-order valence-corrected chi connectivity index (χ0v) is 13.0. The van der Waals surface area contributed by atoms with Gasteiger partial charge in [0.15, 0.2) is 6.10 Å². The molecule has 114 valence electrons. The van der Waals surface area contributed by atoms with E-state index in [1.807, 2.05) is 6.92 Å². The summed E-state index contributed by atoms with van der Waals surface area (Å²) in [6.07, 6.45) is -0.430. The molecule has 0 aliphatic carbocycles. The molecular formula is C14H22N6O. The minimum atomic E-state index is -0.430. The molecule has 0 bridgehead atoms. The Morgan fingerprint density at radius 1 is 1.43 bits per heavy atom. The van der Waals surface area contributed by atoms with Crippen LogP contribution >= 0.6 is 0 Å². The Bertz CT molecular complexity index is 560. The second kappa shape index (κ2) is 5.84. The van der Waals surface area contributed by atoms with E-state index in [-0.39, 0.29) is 5.41 Å². The molecule has 0 amide bonds. The summed E-state index contributed by atoms with van der Waals surface area (Å²) in [6.45, 7) is 9.80. The molecule has 3 N–H and O–H groups in total. The number of nitrogens with one attached hydrogen (secondary N) is 1. The van der Waals surface area contributed by atoms with E-state index in [0.717, 1.165) is 17.2 Å². The number of nitrogen functional groups attached to an aromatic ring is 1. The van der Waals surface area contributed by atoms with Crippen molar-refractivity contribution in [3.8, 4) is 6.07 Å². The van der Waals surface area contributed by atoms with Crippen molar-refractivity contribution in [2.45, 2.75) is 39.2 Å². The Kier molecular flexibility index (Phi) is 4.30. The highest BCUT2D eigenvalue weighted by Crippen LogP contribution is 2.29. The highest BCUT2D eigenvalue weighted by molar-refractivity contribution is 5.59. The van der Waals surface area contributed by atoms with E-state index in [4.69, 9.17) is 20.8 Å². The van der Waals surface area contributed by atoms with E-state index in [9.17, 15) is 0 Å². The summed E-state index contributed by atoms with van der Waals surface area (Å²) in [6, 6.07) is 2.15. The van der Waals surface area contributed by atoms with Gasteiger partial charge >= 0.3 is 0 Å². The molecule has 1 unspecified atom stereocenters. The van der Waals surface area contributed by atoms with Gasteiger partial charge in [-0.05, 0) is 6.92 Å². The molecule has 7 heteroatoms. The van der Waals surface area contributed by atoms with Crippen LogP contribution in [0.3, 0.4) is 0 Å². The highest BCUT2D eigenvalue weighted by atomic mass is 16.5. The van der Waals surface area contributed by atoms with Crippen molar-refractivity contribution < 1.29 is 4.74 Å². The van der Waals surface area contributed by atoms with Crippen molar-refractivity contribution in [1.82, 2.24) is 9.97 Å². The van der Waals surface area contributed by atoms with E-state index in [1.54, 1.807) is 0 Å². The molecule has 1 fully saturated rings. The average molecular weight is 290 g/mol. The van der Waals surface area contributed by atoms with Crippen LogP contribution in [0.1, 0.15) is 32.2 Å². The first kappa shape index (κ1) is 15.5. The topological polar surface area (TPSA) is 100 Å². The van der Waals surface area contributed by atoms with Crippen molar-refractivity contribution in [3.63, 3.8) is 0 Å². The Morgan fingerprint density at radius 3 is 2.71 bits per heavy atom. The molecule has 0 radical (unpaired) electrons. The molecule has 1 aliphatic heterocycles.